The van der Waals surface area contributed by atoms with Crippen LogP contribution in [0.15, 0.2) is 29.2 Å². The molecule has 3 heterocycles. The first-order chi connectivity index (χ1) is 16.6. The molecule has 1 aromatic heterocycles. The second-order valence-corrected chi connectivity index (χ2v) is 11.3. The Morgan fingerprint density at radius 1 is 1.20 bits per heavy atom. The van der Waals surface area contributed by atoms with E-state index in [1.54, 1.807) is 11.8 Å². The number of ether oxygens (including phenoxy) is 1. The third kappa shape index (κ3) is 4.95. The summed E-state index contributed by atoms with van der Waals surface area (Å²) in [4.78, 5) is 40.2. The van der Waals surface area contributed by atoms with Crippen LogP contribution in [0.1, 0.15) is 47.5 Å². The van der Waals surface area contributed by atoms with Crippen molar-refractivity contribution < 1.29 is 31.9 Å². The van der Waals surface area contributed by atoms with Crippen molar-refractivity contribution in [3.8, 4) is 0 Å². The van der Waals surface area contributed by atoms with Gasteiger partial charge in [0.2, 0.25) is 21.8 Å². The molecule has 2 aromatic rings. The van der Waals surface area contributed by atoms with Crippen molar-refractivity contribution in [3.05, 3.63) is 46.1 Å². The number of nitrogens with zero attached hydrogens (tertiary/aromatic N) is 2. The first-order valence-electron chi connectivity index (χ1n) is 11.3. The molecule has 1 N–H and O–H groups in total. The largest absolute Gasteiger partial charge is 0.462 e. The topological polar surface area (TPSA) is 113 Å². The number of esters is 1. The van der Waals surface area contributed by atoms with Crippen LogP contribution >= 0.6 is 11.3 Å². The number of amides is 2. The van der Waals surface area contributed by atoms with Crippen LogP contribution < -0.4 is 5.32 Å². The number of fused-ring (bicyclic) bond motifs is 1. The molecule has 0 radical (unpaired) electrons. The van der Waals surface area contributed by atoms with Gasteiger partial charge in [-0.15, -0.1) is 11.3 Å². The molecule has 1 unspecified atom stereocenters. The van der Waals surface area contributed by atoms with Crippen LogP contribution in [0.25, 0.3) is 0 Å². The van der Waals surface area contributed by atoms with E-state index in [1.807, 2.05) is 0 Å². The van der Waals surface area contributed by atoms with Crippen molar-refractivity contribution in [2.24, 2.45) is 0 Å². The van der Waals surface area contributed by atoms with Crippen molar-refractivity contribution in [1.29, 1.82) is 0 Å². The van der Waals surface area contributed by atoms with Crippen LogP contribution in [0.4, 0.5) is 9.39 Å². The lowest BCUT2D eigenvalue weighted by Gasteiger charge is -2.25. The molecule has 0 saturated carbocycles. The molecule has 2 aliphatic rings. The maximum atomic E-state index is 13.3. The lowest BCUT2D eigenvalue weighted by Crippen LogP contribution is -2.43. The molecule has 1 saturated heterocycles. The van der Waals surface area contributed by atoms with Gasteiger partial charge in [0.1, 0.15) is 16.9 Å². The minimum atomic E-state index is -4.02. The Hall–Kier alpha value is -2.83. The number of hydrogen-bond donors (Lipinski definition) is 1. The number of nitrogens with one attached hydrogen (secondary N) is 1. The third-order valence-electron chi connectivity index (χ3n) is 6.15. The van der Waals surface area contributed by atoms with Crippen LogP contribution in [-0.4, -0.2) is 61.1 Å². The van der Waals surface area contributed by atoms with Gasteiger partial charge in [-0.25, -0.2) is 17.6 Å². The van der Waals surface area contributed by atoms with Crippen molar-refractivity contribution in [2.45, 2.75) is 50.6 Å². The highest BCUT2D eigenvalue weighted by atomic mass is 32.2. The van der Waals surface area contributed by atoms with Crippen molar-refractivity contribution >= 4 is 44.1 Å². The fraction of sp³-hybridized carbons (Fsp3) is 0.435. The maximum Gasteiger partial charge on any atom is 0.341 e. The standard InChI is InChI=1S/C23H26FN3O6S2/c1-3-33-23(30)20-17-10-12-26(14(2)28)13-19(17)34-22(20)25-21(29)18-5-4-11-27(18)35(31,32)16-8-6-15(24)7-9-16/h6-9,18H,3-5,10-13H2,1-2H3,(H,25,29). The molecule has 35 heavy (non-hydrogen) atoms. The summed E-state index contributed by atoms with van der Waals surface area (Å²) in [5.41, 5.74) is 0.998. The zero-order valence-electron chi connectivity index (χ0n) is 19.4. The van der Waals surface area contributed by atoms with Crippen LogP contribution in [0.3, 0.4) is 0 Å². The number of rotatable bonds is 6. The Morgan fingerprint density at radius 2 is 1.91 bits per heavy atom. The molecule has 12 heteroatoms. The van der Waals surface area contributed by atoms with E-state index < -0.39 is 33.8 Å². The number of halogens is 1. The minimum Gasteiger partial charge on any atom is -0.462 e. The molecule has 1 fully saturated rings. The van der Waals surface area contributed by atoms with Gasteiger partial charge in [0, 0.05) is 24.9 Å². The quantitative estimate of drug-likeness (QED) is 0.583. The lowest BCUT2D eigenvalue weighted by atomic mass is 10.0. The van der Waals surface area contributed by atoms with E-state index in [0.29, 0.717) is 32.4 Å². The van der Waals surface area contributed by atoms with E-state index in [0.717, 1.165) is 26.9 Å². The SMILES string of the molecule is CCOC(=O)c1c(NC(=O)C2CCCN2S(=O)(=O)c2ccc(F)cc2)sc2c1CCN(C(C)=O)C2. The van der Waals surface area contributed by atoms with Crippen molar-refractivity contribution in [1.82, 2.24) is 9.21 Å². The molecule has 188 valence electrons. The first-order valence-corrected chi connectivity index (χ1v) is 13.5. The molecule has 4 rings (SSSR count). The minimum absolute atomic E-state index is 0.0834. The second-order valence-electron chi connectivity index (χ2n) is 8.34. The number of benzene rings is 1. The molecule has 0 aliphatic carbocycles. The van der Waals surface area contributed by atoms with Gasteiger partial charge in [0.25, 0.3) is 0 Å². The van der Waals surface area contributed by atoms with Crippen LogP contribution in [-0.2, 0) is 37.3 Å². The van der Waals surface area contributed by atoms with Gasteiger partial charge in [-0.05, 0) is 56.0 Å². The van der Waals surface area contributed by atoms with Crippen molar-refractivity contribution in [3.63, 3.8) is 0 Å². The number of carbonyl (C=O) groups excluding carboxylic acids is 3. The summed E-state index contributed by atoms with van der Waals surface area (Å²) in [5.74, 6) is -1.77. The summed E-state index contributed by atoms with van der Waals surface area (Å²) >= 11 is 1.19. The summed E-state index contributed by atoms with van der Waals surface area (Å²) in [6, 6.07) is 3.48. The summed E-state index contributed by atoms with van der Waals surface area (Å²) in [7, 11) is -4.02. The number of carbonyl (C=O) groups is 3. The number of sulfonamides is 1. The van der Waals surface area contributed by atoms with Crippen LogP contribution in [0, 0.1) is 5.82 Å². The predicted molar refractivity (Wildman–Crippen MR) is 127 cm³/mol. The smallest absolute Gasteiger partial charge is 0.341 e. The molecule has 0 spiro atoms. The Morgan fingerprint density at radius 3 is 2.57 bits per heavy atom. The molecule has 2 aliphatic heterocycles. The Kier molecular flexibility index (Phi) is 7.25. The predicted octanol–water partition coefficient (Wildman–Crippen LogP) is 2.76. The van der Waals surface area contributed by atoms with Crippen LogP contribution in [0.5, 0.6) is 0 Å². The van der Waals surface area contributed by atoms with Gasteiger partial charge < -0.3 is 15.0 Å². The van der Waals surface area contributed by atoms with E-state index in [2.05, 4.69) is 5.32 Å². The highest BCUT2D eigenvalue weighted by Gasteiger charge is 2.40. The van der Waals surface area contributed by atoms with E-state index in [9.17, 15) is 27.2 Å². The normalized spacial score (nSPS) is 18.3. The third-order valence-corrected chi connectivity index (χ3v) is 9.20. The van der Waals surface area contributed by atoms with Gasteiger partial charge in [-0.3, -0.25) is 9.59 Å². The average molecular weight is 524 g/mol. The van der Waals surface area contributed by atoms with E-state index in [-0.39, 0.29) is 34.5 Å². The molecule has 1 atom stereocenters. The number of anilines is 1. The molecular formula is C23H26FN3O6S2. The Balaban J connectivity index is 1.62. The van der Waals surface area contributed by atoms with Gasteiger partial charge in [-0.1, -0.05) is 0 Å². The van der Waals surface area contributed by atoms with Gasteiger partial charge in [0.15, 0.2) is 0 Å². The molecule has 2 amide bonds. The monoisotopic (exact) mass is 523 g/mol. The fourth-order valence-electron chi connectivity index (χ4n) is 4.41. The van der Waals surface area contributed by atoms with Crippen LogP contribution in [0.2, 0.25) is 0 Å². The van der Waals surface area contributed by atoms with E-state index >= 15 is 0 Å². The summed E-state index contributed by atoms with van der Waals surface area (Å²) in [5, 5.41) is 3.05. The summed E-state index contributed by atoms with van der Waals surface area (Å²) in [6.07, 6.45) is 1.24. The average Bonchev–Trinajstić information content (AvgIpc) is 3.44. The number of hydrogen-bond acceptors (Lipinski definition) is 7. The zero-order valence-corrected chi connectivity index (χ0v) is 21.0. The highest BCUT2D eigenvalue weighted by Crippen LogP contribution is 2.38. The lowest BCUT2D eigenvalue weighted by molar-refractivity contribution is -0.129. The second kappa shape index (κ2) is 10.0. The van der Waals surface area contributed by atoms with Gasteiger partial charge in [0.05, 0.1) is 23.6 Å². The van der Waals surface area contributed by atoms with E-state index in [1.165, 1.54) is 30.4 Å². The molecular weight excluding hydrogens is 497 g/mol. The Bertz CT molecular complexity index is 1260. The highest BCUT2D eigenvalue weighted by molar-refractivity contribution is 7.89. The molecule has 0 bridgehead atoms. The number of thiophene rings is 1. The summed E-state index contributed by atoms with van der Waals surface area (Å²) < 4.78 is 45.9. The zero-order chi connectivity index (χ0) is 25.3. The Labute approximate surface area is 206 Å². The van der Waals surface area contributed by atoms with E-state index in [4.69, 9.17) is 4.74 Å². The van der Waals surface area contributed by atoms with Gasteiger partial charge in [-0.2, -0.15) is 4.31 Å². The molecule has 1 aromatic carbocycles. The fourth-order valence-corrected chi connectivity index (χ4v) is 7.32. The van der Waals surface area contributed by atoms with Crippen molar-refractivity contribution in [2.75, 3.05) is 25.0 Å². The maximum absolute atomic E-state index is 13.3. The first kappa shape index (κ1) is 25.3. The summed E-state index contributed by atoms with van der Waals surface area (Å²) in [6.45, 7) is 4.24. The van der Waals surface area contributed by atoms with Gasteiger partial charge >= 0.3 is 5.97 Å². The molecule has 9 nitrogen and oxygen atoms in total.